The van der Waals surface area contributed by atoms with E-state index in [1.165, 1.54) is 0 Å². The molecule has 0 heterocycles. The molecule has 3 N–H and O–H groups in total. The van der Waals surface area contributed by atoms with E-state index in [1.54, 1.807) is 0 Å². The Morgan fingerprint density at radius 2 is 2.00 bits per heavy atom. The molecule has 0 aromatic heterocycles. The fourth-order valence-corrected chi connectivity index (χ4v) is 1.93. The van der Waals surface area contributed by atoms with Crippen LogP contribution in [-0.2, 0) is 0 Å². The summed E-state index contributed by atoms with van der Waals surface area (Å²) in [6, 6.07) is 7.48. The molecule has 0 fully saturated rings. The second kappa shape index (κ2) is 7.79. The average Bonchev–Trinajstić information content (AvgIpc) is 2.37. The predicted octanol–water partition coefficient (Wildman–Crippen LogP) is 3.09. The molecule has 4 nitrogen and oxygen atoms in total. The van der Waals surface area contributed by atoms with Crippen molar-refractivity contribution >= 4 is 11.7 Å². The first-order valence-electron chi connectivity index (χ1n) is 6.86. The number of urea groups is 1. The van der Waals surface area contributed by atoms with Crippen molar-refractivity contribution in [3.8, 4) is 0 Å². The van der Waals surface area contributed by atoms with Crippen molar-refractivity contribution in [3.05, 3.63) is 29.8 Å². The van der Waals surface area contributed by atoms with Crippen LogP contribution in [0.4, 0.5) is 10.5 Å². The molecule has 0 spiro atoms. The summed E-state index contributed by atoms with van der Waals surface area (Å²) < 4.78 is 0. The van der Waals surface area contributed by atoms with Crippen molar-refractivity contribution in [2.75, 3.05) is 11.9 Å². The van der Waals surface area contributed by atoms with Crippen LogP contribution in [0.15, 0.2) is 24.3 Å². The summed E-state index contributed by atoms with van der Waals surface area (Å²) in [5, 5.41) is 15.1. The molecule has 0 radical (unpaired) electrons. The Morgan fingerprint density at radius 1 is 1.32 bits per heavy atom. The number of hydrogen-bond acceptors (Lipinski definition) is 2. The van der Waals surface area contributed by atoms with Crippen LogP contribution in [-0.4, -0.2) is 23.8 Å². The zero-order valence-electron chi connectivity index (χ0n) is 11.9. The van der Waals surface area contributed by atoms with E-state index in [0.717, 1.165) is 17.7 Å². The van der Waals surface area contributed by atoms with Gasteiger partial charge in [0.2, 0.25) is 0 Å². The van der Waals surface area contributed by atoms with E-state index in [9.17, 15) is 9.90 Å². The van der Waals surface area contributed by atoms with E-state index in [0.29, 0.717) is 12.3 Å². The summed E-state index contributed by atoms with van der Waals surface area (Å²) in [7, 11) is 0. The van der Waals surface area contributed by atoms with E-state index >= 15 is 0 Å². The number of rotatable bonds is 6. The van der Waals surface area contributed by atoms with Crippen LogP contribution in [0.5, 0.6) is 0 Å². The van der Waals surface area contributed by atoms with Gasteiger partial charge in [-0.25, -0.2) is 4.79 Å². The van der Waals surface area contributed by atoms with Crippen molar-refractivity contribution in [2.24, 2.45) is 0 Å². The first-order valence-corrected chi connectivity index (χ1v) is 6.86. The normalized spacial score (nSPS) is 12.3. The van der Waals surface area contributed by atoms with E-state index in [4.69, 9.17) is 0 Å². The molecule has 0 aliphatic rings. The standard InChI is InChI=1S/C15H24N2O2/c1-4-7-12(18)10-16-15(19)17-14-9-6-5-8-13(14)11(2)3/h5-6,8-9,11-12,18H,4,7,10H2,1-3H3,(H2,16,17,19). The lowest BCUT2D eigenvalue weighted by Crippen LogP contribution is -2.35. The van der Waals surface area contributed by atoms with Crippen molar-refractivity contribution in [2.45, 2.75) is 45.6 Å². The maximum atomic E-state index is 11.8. The van der Waals surface area contributed by atoms with Crippen LogP contribution in [0, 0.1) is 0 Å². The summed E-state index contributed by atoms with van der Waals surface area (Å²) in [4.78, 5) is 11.8. The molecule has 1 atom stereocenters. The van der Waals surface area contributed by atoms with Gasteiger partial charge in [0.1, 0.15) is 0 Å². The predicted molar refractivity (Wildman–Crippen MR) is 78.5 cm³/mol. The molecule has 4 heteroatoms. The lowest BCUT2D eigenvalue weighted by molar-refractivity contribution is 0.162. The molecule has 1 unspecified atom stereocenters. The Labute approximate surface area is 115 Å². The van der Waals surface area contributed by atoms with Gasteiger partial charge in [-0.1, -0.05) is 45.4 Å². The largest absolute Gasteiger partial charge is 0.391 e. The molecule has 0 aliphatic heterocycles. The van der Waals surface area contributed by atoms with Gasteiger partial charge in [0.15, 0.2) is 0 Å². The Morgan fingerprint density at radius 3 is 2.63 bits per heavy atom. The maximum absolute atomic E-state index is 11.8. The lowest BCUT2D eigenvalue weighted by Gasteiger charge is -2.15. The van der Waals surface area contributed by atoms with Gasteiger partial charge in [0, 0.05) is 12.2 Å². The number of carbonyl (C=O) groups excluding carboxylic acids is 1. The Balaban J connectivity index is 2.53. The second-order valence-electron chi connectivity index (χ2n) is 5.02. The molecule has 0 aliphatic carbocycles. The number of benzene rings is 1. The van der Waals surface area contributed by atoms with Crippen LogP contribution in [0.2, 0.25) is 0 Å². The summed E-state index contributed by atoms with van der Waals surface area (Å²) in [5.74, 6) is 0.349. The minimum Gasteiger partial charge on any atom is -0.391 e. The Kier molecular flexibility index (Phi) is 6.36. The van der Waals surface area contributed by atoms with E-state index in [1.807, 2.05) is 31.2 Å². The third-order valence-corrected chi connectivity index (χ3v) is 2.95. The number of aliphatic hydroxyl groups excluding tert-OH is 1. The number of nitrogens with one attached hydrogen (secondary N) is 2. The first kappa shape index (κ1) is 15.5. The smallest absolute Gasteiger partial charge is 0.319 e. The first-order chi connectivity index (χ1) is 9.04. The molecule has 0 saturated heterocycles. The third-order valence-electron chi connectivity index (χ3n) is 2.95. The molecule has 1 aromatic carbocycles. The molecule has 19 heavy (non-hydrogen) atoms. The highest BCUT2D eigenvalue weighted by Crippen LogP contribution is 2.23. The van der Waals surface area contributed by atoms with Crippen molar-refractivity contribution in [1.82, 2.24) is 5.32 Å². The lowest BCUT2D eigenvalue weighted by atomic mass is 10.0. The highest BCUT2D eigenvalue weighted by atomic mass is 16.3. The number of amides is 2. The summed E-state index contributed by atoms with van der Waals surface area (Å²) >= 11 is 0. The fourth-order valence-electron chi connectivity index (χ4n) is 1.93. The molecule has 0 bridgehead atoms. The van der Waals surface area contributed by atoms with Gasteiger partial charge >= 0.3 is 6.03 Å². The molecule has 1 rings (SSSR count). The zero-order valence-corrected chi connectivity index (χ0v) is 11.9. The molecular weight excluding hydrogens is 240 g/mol. The van der Waals surface area contributed by atoms with E-state index < -0.39 is 6.10 Å². The van der Waals surface area contributed by atoms with E-state index in [2.05, 4.69) is 24.5 Å². The Bertz CT molecular complexity index is 405. The van der Waals surface area contributed by atoms with Gasteiger partial charge < -0.3 is 15.7 Å². The van der Waals surface area contributed by atoms with Crippen LogP contribution >= 0.6 is 0 Å². The molecule has 106 valence electrons. The van der Waals surface area contributed by atoms with Crippen molar-refractivity contribution in [3.63, 3.8) is 0 Å². The summed E-state index contributed by atoms with van der Waals surface area (Å²) in [5.41, 5.74) is 1.92. The number of hydrogen-bond donors (Lipinski definition) is 3. The van der Waals surface area contributed by atoms with Crippen LogP contribution in [0.1, 0.15) is 45.1 Å². The summed E-state index contributed by atoms with van der Waals surface area (Å²) in [6.45, 7) is 6.46. The van der Waals surface area contributed by atoms with Gasteiger partial charge in [-0.05, 0) is 24.0 Å². The van der Waals surface area contributed by atoms with Gasteiger partial charge in [0.05, 0.1) is 6.10 Å². The monoisotopic (exact) mass is 264 g/mol. The van der Waals surface area contributed by atoms with Crippen LogP contribution in [0.25, 0.3) is 0 Å². The quantitative estimate of drug-likeness (QED) is 0.739. The number of anilines is 1. The van der Waals surface area contributed by atoms with Crippen molar-refractivity contribution < 1.29 is 9.90 Å². The van der Waals surface area contributed by atoms with Crippen molar-refractivity contribution in [1.29, 1.82) is 0 Å². The second-order valence-corrected chi connectivity index (χ2v) is 5.02. The van der Waals surface area contributed by atoms with E-state index in [-0.39, 0.29) is 12.6 Å². The van der Waals surface area contributed by atoms with Gasteiger partial charge in [-0.2, -0.15) is 0 Å². The van der Waals surface area contributed by atoms with Gasteiger partial charge in [-0.15, -0.1) is 0 Å². The Hall–Kier alpha value is -1.55. The van der Waals surface area contributed by atoms with Gasteiger partial charge in [0.25, 0.3) is 0 Å². The molecule has 0 saturated carbocycles. The summed E-state index contributed by atoms with van der Waals surface area (Å²) in [6.07, 6.45) is 1.12. The minimum absolute atomic E-state index is 0.275. The fraction of sp³-hybridized carbons (Fsp3) is 0.533. The zero-order chi connectivity index (χ0) is 14.3. The maximum Gasteiger partial charge on any atom is 0.319 e. The molecular formula is C15H24N2O2. The topological polar surface area (TPSA) is 61.4 Å². The highest BCUT2D eigenvalue weighted by molar-refractivity contribution is 5.90. The number of carbonyl (C=O) groups is 1. The highest BCUT2D eigenvalue weighted by Gasteiger charge is 2.10. The SMILES string of the molecule is CCCC(O)CNC(=O)Nc1ccccc1C(C)C. The molecule has 2 amide bonds. The van der Waals surface area contributed by atoms with Crippen LogP contribution in [0.3, 0.4) is 0 Å². The number of para-hydroxylation sites is 1. The molecule has 1 aromatic rings. The number of aliphatic hydroxyl groups is 1. The minimum atomic E-state index is -0.476. The van der Waals surface area contributed by atoms with Crippen LogP contribution < -0.4 is 10.6 Å². The van der Waals surface area contributed by atoms with Gasteiger partial charge in [-0.3, -0.25) is 0 Å². The average molecular weight is 264 g/mol. The third kappa shape index (κ3) is 5.30.